The zero-order valence-corrected chi connectivity index (χ0v) is 25.3. The van der Waals surface area contributed by atoms with E-state index in [4.69, 9.17) is 25.6 Å². The first kappa shape index (κ1) is 31.2. The number of methoxy groups -OCH3 is 2. The molecule has 0 radical (unpaired) electrons. The van der Waals surface area contributed by atoms with Crippen molar-refractivity contribution >= 4 is 35.1 Å². The lowest BCUT2D eigenvalue weighted by molar-refractivity contribution is -0.385. The van der Waals surface area contributed by atoms with Gasteiger partial charge in [-0.15, -0.1) is 0 Å². The van der Waals surface area contributed by atoms with Crippen molar-refractivity contribution in [2.24, 2.45) is 5.92 Å². The van der Waals surface area contributed by atoms with Crippen LogP contribution >= 0.6 is 11.6 Å². The molecule has 0 spiro atoms. The number of nitro groups is 1. The molecule has 1 N–H and O–H groups in total. The van der Waals surface area contributed by atoms with E-state index in [0.29, 0.717) is 16.3 Å². The monoisotopic (exact) mass is 632 g/mol. The normalized spacial score (nSPS) is 17.5. The van der Waals surface area contributed by atoms with Crippen molar-refractivity contribution in [3.05, 3.63) is 110 Å². The van der Waals surface area contributed by atoms with Crippen LogP contribution in [0.3, 0.4) is 0 Å². The van der Waals surface area contributed by atoms with Gasteiger partial charge in [-0.25, -0.2) is 0 Å². The van der Waals surface area contributed by atoms with E-state index in [9.17, 15) is 24.5 Å². The zero-order chi connectivity index (χ0) is 32.2. The van der Waals surface area contributed by atoms with Crippen molar-refractivity contribution in [3.8, 4) is 17.0 Å². The molecule has 3 atom stereocenters. The fraction of sp³-hybridized carbons (Fsp3) is 0.250. The third-order valence-corrected chi connectivity index (χ3v) is 8.12. The molecule has 13 heteroatoms. The molecule has 4 aromatic rings. The molecular weight excluding hydrogens is 604 g/mol. The summed E-state index contributed by atoms with van der Waals surface area (Å²) in [6.07, 6.45) is -0.105. The number of hydrogen-bond acceptors (Lipinski definition) is 9. The minimum Gasteiger partial charge on any atom is -0.497 e. The number of non-ortho nitro benzene ring substituents is 1. The van der Waals surface area contributed by atoms with Crippen LogP contribution in [0.1, 0.15) is 39.7 Å². The molecule has 1 aliphatic rings. The number of benzene rings is 3. The molecule has 2 heterocycles. The van der Waals surface area contributed by atoms with Gasteiger partial charge in [0.15, 0.2) is 0 Å². The van der Waals surface area contributed by atoms with Crippen LogP contribution < -0.4 is 10.1 Å². The lowest BCUT2D eigenvalue weighted by Gasteiger charge is -2.31. The minimum absolute atomic E-state index is 0.0389. The number of aromatic nitrogens is 1. The van der Waals surface area contributed by atoms with Gasteiger partial charge in [-0.3, -0.25) is 24.5 Å². The van der Waals surface area contributed by atoms with E-state index in [-0.39, 0.29) is 41.2 Å². The summed E-state index contributed by atoms with van der Waals surface area (Å²) in [5, 5.41) is 19.0. The molecule has 1 aromatic heterocycles. The standard InChI is InChI=1S/C32H29ClN4O8/c1-18-27(28(35-45-18)23-9-4-5-10-25(23)33)31(39)36-26(30(38)34-17-19-11-13-22(43-2)14-12-19)16-24(32(40)44-3)29(36)20-7-6-8-21(15-20)37(41)42/h4-15,24,26,29H,16-17H2,1-3H3,(H,34,38). The number of aryl methyl sites for hydroxylation is 1. The first-order valence-corrected chi connectivity index (χ1v) is 14.3. The minimum atomic E-state index is -1.17. The summed E-state index contributed by atoms with van der Waals surface area (Å²) in [4.78, 5) is 54.1. The fourth-order valence-corrected chi connectivity index (χ4v) is 5.83. The Kier molecular flexibility index (Phi) is 9.14. The lowest BCUT2D eigenvalue weighted by atomic mass is 9.92. The molecule has 12 nitrogen and oxygen atoms in total. The van der Waals surface area contributed by atoms with Gasteiger partial charge in [0.05, 0.1) is 36.1 Å². The fourth-order valence-electron chi connectivity index (χ4n) is 5.60. The van der Waals surface area contributed by atoms with E-state index in [1.165, 1.54) is 30.2 Å². The van der Waals surface area contributed by atoms with Crippen LogP contribution in [0.5, 0.6) is 5.75 Å². The third-order valence-electron chi connectivity index (χ3n) is 7.79. The van der Waals surface area contributed by atoms with Gasteiger partial charge in [-0.1, -0.05) is 59.2 Å². The van der Waals surface area contributed by atoms with Crippen LogP contribution in [0, 0.1) is 23.0 Å². The maximum absolute atomic E-state index is 14.7. The second kappa shape index (κ2) is 13.2. The summed E-state index contributed by atoms with van der Waals surface area (Å²) in [7, 11) is 2.75. The maximum atomic E-state index is 14.7. The highest BCUT2D eigenvalue weighted by Gasteiger charge is 2.52. The number of rotatable bonds is 9. The van der Waals surface area contributed by atoms with Gasteiger partial charge in [-0.2, -0.15) is 0 Å². The van der Waals surface area contributed by atoms with Crippen LogP contribution in [0.2, 0.25) is 5.02 Å². The van der Waals surface area contributed by atoms with E-state index in [0.717, 1.165) is 5.56 Å². The van der Waals surface area contributed by atoms with Crippen molar-refractivity contribution in [1.82, 2.24) is 15.4 Å². The number of amides is 2. The summed E-state index contributed by atoms with van der Waals surface area (Å²) >= 11 is 6.45. The van der Waals surface area contributed by atoms with Gasteiger partial charge in [0.2, 0.25) is 5.91 Å². The molecular formula is C32H29ClN4O8. The molecule has 0 saturated carbocycles. The van der Waals surface area contributed by atoms with E-state index in [2.05, 4.69) is 10.5 Å². The van der Waals surface area contributed by atoms with E-state index in [1.54, 1.807) is 68.6 Å². The number of likely N-dealkylation sites (tertiary alicyclic amines) is 1. The van der Waals surface area contributed by atoms with Crippen LogP contribution in [-0.4, -0.2) is 53.0 Å². The number of nitrogens with zero attached hydrogens (tertiary/aromatic N) is 3. The molecule has 1 saturated heterocycles. The topological polar surface area (TPSA) is 154 Å². The van der Waals surface area contributed by atoms with Gasteiger partial charge in [0.25, 0.3) is 11.6 Å². The Hall–Kier alpha value is -5.23. The molecule has 2 amide bonds. The highest BCUT2D eigenvalue weighted by Crippen LogP contribution is 2.45. The summed E-state index contributed by atoms with van der Waals surface area (Å²) < 4.78 is 15.7. The van der Waals surface area contributed by atoms with Gasteiger partial charge >= 0.3 is 5.97 Å². The molecule has 45 heavy (non-hydrogen) atoms. The molecule has 5 rings (SSSR count). The van der Waals surface area contributed by atoms with E-state index < -0.39 is 40.7 Å². The maximum Gasteiger partial charge on any atom is 0.311 e. The second-order valence-electron chi connectivity index (χ2n) is 10.4. The Balaban J connectivity index is 1.61. The number of carbonyl (C=O) groups is 3. The molecule has 0 aliphatic carbocycles. The quantitative estimate of drug-likeness (QED) is 0.147. The first-order chi connectivity index (χ1) is 21.6. The number of nitro benzene ring substituents is 1. The Bertz CT molecular complexity index is 1760. The molecule has 3 aromatic carbocycles. The van der Waals surface area contributed by atoms with Crippen LogP contribution in [0.15, 0.2) is 77.3 Å². The van der Waals surface area contributed by atoms with Crippen molar-refractivity contribution < 1.29 is 33.3 Å². The predicted molar refractivity (Wildman–Crippen MR) is 162 cm³/mol. The van der Waals surface area contributed by atoms with Crippen LogP contribution in [0.4, 0.5) is 5.69 Å². The van der Waals surface area contributed by atoms with E-state index >= 15 is 0 Å². The number of esters is 1. The van der Waals surface area contributed by atoms with Crippen molar-refractivity contribution in [3.63, 3.8) is 0 Å². The number of carbonyl (C=O) groups excluding carboxylic acids is 3. The SMILES string of the molecule is COC(=O)C1CC(C(=O)NCc2ccc(OC)cc2)N(C(=O)c2c(-c3ccccc3Cl)noc2C)C1c1cccc([N+](=O)[O-])c1. The predicted octanol–water partition coefficient (Wildman–Crippen LogP) is 5.28. The Labute approximate surface area is 263 Å². The number of ether oxygens (including phenoxy) is 2. The third kappa shape index (κ3) is 6.22. The van der Waals surface area contributed by atoms with Crippen molar-refractivity contribution in [2.75, 3.05) is 14.2 Å². The second-order valence-corrected chi connectivity index (χ2v) is 10.8. The number of hydrogen-bond donors (Lipinski definition) is 1. The first-order valence-electron chi connectivity index (χ1n) is 13.9. The molecule has 1 fully saturated rings. The highest BCUT2D eigenvalue weighted by atomic mass is 35.5. The van der Waals surface area contributed by atoms with Gasteiger partial charge < -0.3 is 24.2 Å². The summed E-state index contributed by atoms with van der Waals surface area (Å²) in [5.74, 6) is -2.10. The largest absolute Gasteiger partial charge is 0.497 e. The van der Waals surface area contributed by atoms with E-state index in [1.807, 2.05) is 0 Å². The van der Waals surface area contributed by atoms with Crippen LogP contribution in [0.25, 0.3) is 11.3 Å². The molecule has 0 bridgehead atoms. The summed E-state index contributed by atoms with van der Waals surface area (Å²) in [5.41, 5.74) is 1.43. The Morgan fingerprint density at radius 2 is 1.82 bits per heavy atom. The van der Waals surface area contributed by atoms with Gasteiger partial charge in [0, 0.05) is 24.2 Å². The average molecular weight is 633 g/mol. The lowest BCUT2D eigenvalue weighted by Crippen LogP contribution is -2.47. The Morgan fingerprint density at radius 1 is 1.09 bits per heavy atom. The molecule has 232 valence electrons. The zero-order valence-electron chi connectivity index (χ0n) is 24.6. The smallest absolute Gasteiger partial charge is 0.311 e. The van der Waals surface area contributed by atoms with Gasteiger partial charge in [-0.05, 0) is 42.7 Å². The Morgan fingerprint density at radius 3 is 2.49 bits per heavy atom. The van der Waals surface area contributed by atoms with Crippen molar-refractivity contribution in [1.29, 1.82) is 0 Å². The average Bonchev–Trinajstić information content (AvgIpc) is 3.65. The molecule has 3 unspecified atom stereocenters. The number of halogens is 1. The molecule has 1 aliphatic heterocycles. The van der Waals surface area contributed by atoms with Crippen molar-refractivity contribution in [2.45, 2.75) is 32.0 Å². The number of nitrogens with one attached hydrogen (secondary N) is 1. The highest BCUT2D eigenvalue weighted by molar-refractivity contribution is 6.33. The van der Waals surface area contributed by atoms with Gasteiger partial charge in [0.1, 0.15) is 28.8 Å². The summed E-state index contributed by atoms with van der Waals surface area (Å²) in [6, 6.07) is 17.2. The van der Waals surface area contributed by atoms with Crippen LogP contribution in [-0.2, 0) is 20.9 Å². The summed E-state index contributed by atoms with van der Waals surface area (Å²) in [6.45, 7) is 1.68.